The SMILES string of the molecule is CCN(CCCN(C)C)c1cc(C)ncc1CO. The van der Waals surface area contributed by atoms with Gasteiger partial charge in [0.2, 0.25) is 0 Å². The third-order valence-electron chi connectivity index (χ3n) is 3.02. The molecule has 1 aromatic heterocycles. The van der Waals surface area contributed by atoms with Crippen molar-refractivity contribution in [2.75, 3.05) is 38.6 Å². The Kier molecular flexibility index (Phi) is 6.09. The van der Waals surface area contributed by atoms with Gasteiger partial charge in [0.25, 0.3) is 0 Å². The molecule has 0 spiro atoms. The lowest BCUT2D eigenvalue weighted by molar-refractivity contribution is 0.281. The minimum atomic E-state index is 0.0484. The zero-order valence-electron chi connectivity index (χ0n) is 12.0. The van der Waals surface area contributed by atoms with Crippen LogP contribution in [0, 0.1) is 6.92 Å². The highest BCUT2D eigenvalue weighted by atomic mass is 16.3. The van der Waals surface area contributed by atoms with Crippen LogP contribution in [0.4, 0.5) is 5.69 Å². The third-order valence-corrected chi connectivity index (χ3v) is 3.02. The number of aliphatic hydroxyl groups is 1. The second-order valence-electron chi connectivity index (χ2n) is 4.85. The molecule has 102 valence electrons. The normalized spacial score (nSPS) is 11.0. The molecule has 1 N–H and O–H groups in total. The van der Waals surface area contributed by atoms with Crippen LogP contribution in [-0.2, 0) is 6.61 Å². The number of rotatable bonds is 7. The van der Waals surface area contributed by atoms with Gasteiger partial charge in [0.15, 0.2) is 0 Å². The summed E-state index contributed by atoms with van der Waals surface area (Å²) >= 11 is 0. The van der Waals surface area contributed by atoms with Crippen LogP contribution in [0.2, 0.25) is 0 Å². The number of aromatic nitrogens is 1. The molecule has 0 fully saturated rings. The molecule has 0 atom stereocenters. The van der Waals surface area contributed by atoms with E-state index in [1.165, 1.54) is 0 Å². The number of nitrogens with zero attached hydrogens (tertiary/aromatic N) is 3. The van der Waals surface area contributed by atoms with Crippen LogP contribution in [0.3, 0.4) is 0 Å². The largest absolute Gasteiger partial charge is 0.392 e. The van der Waals surface area contributed by atoms with E-state index in [2.05, 4.69) is 41.9 Å². The van der Waals surface area contributed by atoms with Gasteiger partial charge >= 0.3 is 0 Å². The molecule has 0 aliphatic rings. The molecule has 0 bridgehead atoms. The summed E-state index contributed by atoms with van der Waals surface area (Å²) in [7, 11) is 4.18. The van der Waals surface area contributed by atoms with Crippen LogP contribution in [-0.4, -0.2) is 48.7 Å². The summed E-state index contributed by atoms with van der Waals surface area (Å²) in [6, 6.07) is 2.06. The fourth-order valence-electron chi connectivity index (χ4n) is 2.02. The highest BCUT2D eigenvalue weighted by molar-refractivity contribution is 5.53. The molecule has 1 heterocycles. The first-order valence-corrected chi connectivity index (χ1v) is 6.54. The van der Waals surface area contributed by atoms with E-state index in [1.54, 1.807) is 6.20 Å². The molecule has 0 saturated carbocycles. The van der Waals surface area contributed by atoms with Gasteiger partial charge in [-0.25, -0.2) is 0 Å². The zero-order chi connectivity index (χ0) is 13.5. The average Bonchev–Trinajstić information content (AvgIpc) is 2.34. The number of pyridine rings is 1. The molecule has 4 nitrogen and oxygen atoms in total. The molecular weight excluding hydrogens is 226 g/mol. The molecule has 0 unspecified atom stereocenters. The highest BCUT2D eigenvalue weighted by Crippen LogP contribution is 2.21. The Morgan fingerprint density at radius 1 is 1.28 bits per heavy atom. The van der Waals surface area contributed by atoms with Crippen LogP contribution in [0.1, 0.15) is 24.6 Å². The van der Waals surface area contributed by atoms with Crippen molar-refractivity contribution in [1.82, 2.24) is 9.88 Å². The van der Waals surface area contributed by atoms with Crippen molar-refractivity contribution >= 4 is 5.69 Å². The number of aryl methyl sites for hydroxylation is 1. The Hall–Kier alpha value is -1.13. The van der Waals surface area contributed by atoms with Gasteiger partial charge in [-0.05, 0) is 47.0 Å². The molecule has 0 radical (unpaired) electrons. The Morgan fingerprint density at radius 2 is 2.00 bits per heavy atom. The van der Waals surface area contributed by atoms with E-state index in [0.717, 1.165) is 43.0 Å². The van der Waals surface area contributed by atoms with Gasteiger partial charge in [-0.15, -0.1) is 0 Å². The minimum Gasteiger partial charge on any atom is -0.392 e. The van der Waals surface area contributed by atoms with Crippen molar-refractivity contribution in [3.8, 4) is 0 Å². The zero-order valence-corrected chi connectivity index (χ0v) is 12.0. The lowest BCUT2D eigenvalue weighted by Crippen LogP contribution is -2.28. The fraction of sp³-hybridized carbons (Fsp3) is 0.643. The predicted octanol–water partition coefficient (Wildman–Crippen LogP) is 1.66. The Balaban J connectivity index is 2.77. The van der Waals surface area contributed by atoms with Crippen molar-refractivity contribution < 1.29 is 5.11 Å². The molecule has 0 amide bonds. The lowest BCUT2D eigenvalue weighted by Gasteiger charge is -2.26. The maximum atomic E-state index is 9.39. The van der Waals surface area contributed by atoms with Crippen molar-refractivity contribution in [3.63, 3.8) is 0 Å². The maximum Gasteiger partial charge on any atom is 0.0717 e. The first kappa shape index (κ1) is 14.9. The van der Waals surface area contributed by atoms with E-state index >= 15 is 0 Å². The van der Waals surface area contributed by atoms with Gasteiger partial charge in [0.1, 0.15) is 0 Å². The molecule has 4 heteroatoms. The second kappa shape index (κ2) is 7.34. The van der Waals surface area contributed by atoms with Gasteiger partial charge in [-0.2, -0.15) is 0 Å². The topological polar surface area (TPSA) is 39.6 Å². The summed E-state index contributed by atoms with van der Waals surface area (Å²) in [5.41, 5.74) is 3.02. The van der Waals surface area contributed by atoms with Crippen LogP contribution >= 0.6 is 0 Å². The Morgan fingerprint density at radius 3 is 2.56 bits per heavy atom. The van der Waals surface area contributed by atoms with Gasteiger partial charge in [-0.1, -0.05) is 0 Å². The Labute approximate surface area is 110 Å². The molecule has 18 heavy (non-hydrogen) atoms. The summed E-state index contributed by atoms with van der Waals surface area (Å²) in [6.45, 7) is 7.21. The molecule has 0 aromatic carbocycles. The predicted molar refractivity (Wildman–Crippen MR) is 76.0 cm³/mol. The Bertz CT molecular complexity index is 366. The van der Waals surface area contributed by atoms with Crippen LogP contribution in [0.25, 0.3) is 0 Å². The number of hydrogen-bond donors (Lipinski definition) is 1. The molecule has 0 aliphatic carbocycles. The number of hydrogen-bond acceptors (Lipinski definition) is 4. The fourth-order valence-corrected chi connectivity index (χ4v) is 2.02. The second-order valence-corrected chi connectivity index (χ2v) is 4.85. The monoisotopic (exact) mass is 251 g/mol. The van der Waals surface area contributed by atoms with E-state index in [0.29, 0.717) is 0 Å². The quantitative estimate of drug-likeness (QED) is 0.800. The van der Waals surface area contributed by atoms with Crippen LogP contribution in [0.15, 0.2) is 12.3 Å². The van der Waals surface area contributed by atoms with Crippen molar-refractivity contribution in [3.05, 3.63) is 23.5 Å². The molecule has 1 aromatic rings. The molecular formula is C14H25N3O. The third kappa shape index (κ3) is 4.27. The average molecular weight is 251 g/mol. The van der Waals surface area contributed by atoms with Gasteiger partial charge in [0.05, 0.1) is 6.61 Å². The smallest absolute Gasteiger partial charge is 0.0717 e. The molecule has 0 aliphatic heterocycles. The van der Waals surface area contributed by atoms with Crippen molar-refractivity contribution in [1.29, 1.82) is 0 Å². The van der Waals surface area contributed by atoms with Crippen LogP contribution in [0.5, 0.6) is 0 Å². The van der Waals surface area contributed by atoms with Crippen LogP contribution < -0.4 is 4.90 Å². The van der Waals surface area contributed by atoms with E-state index in [-0.39, 0.29) is 6.61 Å². The summed E-state index contributed by atoms with van der Waals surface area (Å²) in [5.74, 6) is 0. The standard InChI is InChI=1S/C14H25N3O/c1-5-17(8-6-7-16(3)4)14-9-12(2)15-10-13(14)11-18/h9-10,18H,5-8,11H2,1-4H3. The van der Waals surface area contributed by atoms with E-state index in [9.17, 15) is 5.11 Å². The minimum absolute atomic E-state index is 0.0484. The summed E-state index contributed by atoms with van der Waals surface area (Å²) in [4.78, 5) is 8.74. The highest BCUT2D eigenvalue weighted by Gasteiger charge is 2.10. The van der Waals surface area contributed by atoms with Gasteiger partial charge in [0, 0.05) is 36.2 Å². The summed E-state index contributed by atoms with van der Waals surface area (Å²) in [6.07, 6.45) is 2.90. The number of anilines is 1. The van der Waals surface area contributed by atoms with Crippen molar-refractivity contribution in [2.24, 2.45) is 0 Å². The van der Waals surface area contributed by atoms with E-state index in [4.69, 9.17) is 0 Å². The van der Waals surface area contributed by atoms with Gasteiger partial charge < -0.3 is 14.9 Å². The van der Waals surface area contributed by atoms with Gasteiger partial charge in [-0.3, -0.25) is 4.98 Å². The first-order chi connectivity index (χ1) is 8.58. The van der Waals surface area contributed by atoms with E-state index < -0.39 is 0 Å². The van der Waals surface area contributed by atoms with Crippen molar-refractivity contribution in [2.45, 2.75) is 26.9 Å². The molecule has 0 saturated heterocycles. The molecule has 1 rings (SSSR count). The van der Waals surface area contributed by atoms with E-state index in [1.807, 2.05) is 6.92 Å². The summed E-state index contributed by atoms with van der Waals surface area (Å²) < 4.78 is 0. The maximum absolute atomic E-state index is 9.39. The first-order valence-electron chi connectivity index (χ1n) is 6.54. The summed E-state index contributed by atoms with van der Waals surface area (Å²) in [5, 5.41) is 9.39. The lowest BCUT2D eigenvalue weighted by atomic mass is 10.2. The number of aliphatic hydroxyl groups excluding tert-OH is 1.